The Morgan fingerprint density at radius 3 is 2.62 bits per heavy atom. The Kier molecular flexibility index (Phi) is 4.23. The van der Waals surface area contributed by atoms with Gasteiger partial charge in [-0.3, -0.25) is 0 Å². The van der Waals surface area contributed by atoms with Crippen molar-refractivity contribution in [2.45, 2.75) is 38.1 Å². The van der Waals surface area contributed by atoms with E-state index in [0.717, 1.165) is 18.9 Å². The summed E-state index contributed by atoms with van der Waals surface area (Å²) in [5.74, 6) is 1.66. The smallest absolute Gasteiger partial charge is 0.244 e. The molecule has 116 valence electrons. The number of rotatable bonds is 3. The zero-order valence-electron chi connectivity index (χ0n) is 12.0. The first-order valence-corrected chi connectivity index (χ1v) is 9.36. The normalized spacial score (nSPS) is 25.5. The van der Waals surface area contributed by atoms with Crippen LogP contribution < -0.4 is 10.2 Å². The molecule has 8 heteroatoms. The third-order valence-electron chi connectivity index (χ3n) is 4.04. The zero-order chi connectivity index (χ0) is 14.7. The van der Waals surface area contributed by atoms with Gasteiger partial charge in [-0.1, -0.05) is 12.8 Å². The SMILES string of the molecule is O=S1(=O)CCC(Nc2nncc(N3CCCCCC3)n2)C1. The van der Waals surface area contributed by atoms with Gasteiger partial charge in [-0.05, 0) is 19.3 Å². The first kappa shape index (κ1) is 14.5. The predicted octanol–water partition coefficient (Wildman–Crippen LogP) is 0.851. The Morgan fingerprint density at radius 2 is 1.95 bits per heavy atom. The number of anilines is 2. The summed E-state index contributed by atoms with van der Waals surface area (Å²) in [7, 11) is -2.90. The number of aromatic nitrogens is 3. The van der Waals surface area contributed by atoms with Crippen molar-refractivity contribution in [2.75, 3.05) is 34.8 Å². The number of nitrogens with one attached hydrogen (secondary N) is 1. The fraction of sp³-hybridized carbons (Fsp3) is 0.769. The van der Waals surface area contributed by atoms with Crippen LogP contribution in [0.25, 0.3) is 0 Å². The molecule has 1 N–H and O–H groups in total. The highest BCUT2D eigenvalue weighted by atomic mass is 32.2. The summed E-state index contributed by atoms with van der Waals surface area (Å²) >= 11 is 0. The summed E-state index contributed by atoms with van der Waals surface area (Å²) in [5, 5.41) is 11.1. The van der Waals surface area contributed by atoms with E-state index in [1.165, 1.54) is 25.7 Å². The molecule has 2 saturated heterocycles. The van der Waals surface area contributed by atoms with E-state index in [4.69, 9.17) is 0 Å². The van der Waals surface area contributed by atoms with Gasteiger partial charge in [0.25, 0.3) is 0 Å². The maximum absolute atomic E-state index is 11.5. The second-order valence-corrected chi connectivity index (χ2v) is 8.01. The molecule has 7 nitrogen and oxygen atoms in total. The maximum atomic E-state index is 11.5. The molecule has 2 aliphatic rings. The van der Waals surface area contributed by atoms with Crippen LogP contribution in [-0.4, -0.2) is 54.2 Å². The summed E-state index contributed by atoms with van der Waals surface area (Å²) in [6.07, 6.45) is 7.17. The van der Waals surface area contributed by atoms with Crippen LogP contribution in [0, 0.1) is 0 Å². The van der Waals surface area contributed by atoms with E-state index in [1.54, 1.807) is 6.20 Å². The highest BCUT2D eigenvalue weighted by molar-refractivity contribution is 7.91. The lowest BCUT2D eigenvalue weighted by Gasteiger charge is -2.21. The van der Waals surface area contributed by atoms with Crippen molar-refractivity contribution in [3.63, 3.8) is 0 Å². The van der Waals surface area contributed by atoms with Crippen molar-refractivity contribution in [2.24, 2.45) is 0 Å². The highest BCUT2D eigenvalue weighted by Gasteiger charge is 2.28. The van der Waals surface area contributed by atoms with Crippen LogP contribution in [0.4, 0.5) is 11.8 Å². The summed E-state index contributed by atoms with van der Waals surface area (Å²) in [6.45, 7) is 1.99. The third-order valence-corrected chi connectivity index (χ3v) is 5.81. The second-order valence-electron chi connectivity index (χ2n) is 5.78. The molecule has 21 heavy (non-hydrogen) atoms. The van der Waals surface area contributed by atoms with Gasteiger partial charge in [-0.25, -0.2) is 8.42 Å². The van der Waals surface area contributed by atoms with E-state index in [0.29, 0.717) is 12.4 Å². The lowest BCUT2D eigenvalue weighted by molar-refractivity contribution is 0.602. The van der Waals surface area contributed by atoms with E-state index in [1.807, 2.05) is 0 Å². The van der Waals surface area contributed by atoms with Crippen LogP contribution in [0.1, 0.15) is 32.1 Å². The fourth-order valence-electron chi connectivity index (χ4n) is 2.90. The molecule has 0 aliphatic carbocycles. The van der Waals surface area contributed by atoms with E-state index < -0.39 is 9.84 Å². The number of hydrogen-bond donors (Lipinski definition) is 1. The van der Waals surface area contributed by atoms with Crippen LogP contribution in [-0.2, 0) is 9.84 Å². The molecule has 0 amide bonds. The third kappa shape index (κ3) is 3.81. The molecule has 1 aromatic rings. The molecule has 0 radical (unpaired) electrons. The van der Waals surface area contributed by atoms with Crippen LogP contribution >= 0.6 is 0 Å². The van der Waals surface area contributed by atoms with Gasteiger partial charge in [0.05, 0.1) is 17.7 Å². The minimum absolute atomic E-state index is 0.101. The first-order chi connectivity index (χ1) is 10.1. The fourth-order valence-corrected chi connectivity index (χ4v) is 4.57. The van der Waals surface area contributed by atoms with Gasteiger partial charge < -0.3 is 10.2 Å². The molecule has 3 heterocycles. The van der Waals surface area contributed by atoms with Crippen molar-refractivity contribution in [1.82, 2.24) is 15.2 Å². The predicted molar refractivity (Wildman–Crippen MR) is 81.2 cm³/mol. The Hall–Kier alpha value is -1.44. The average Bonchev–Trinajstić information content (AvgIpc) is 2.69. The molecular weight excluding hydrogens is 290 g/mol. The van der Waals surface area contributed by atoms with Gasteiger partial charge in [-0.15, -0.1) is 5.10 Å². The summed E-state index contributed by atoms with van der Waals surface area (Å²) < 4.78 is 23.0. The molecule has 0 aromatic carbocycles. The van der Waals surface area contributed by atoms with Gasteiger partial charge in [0, 0.05) is 19.1 Å². The molecule has 1 aromatic heterocycles. The molecule has 0 spiro atoms. The molecule has 1 atom stereocenters. The van der Waals surface area contributed by atoms with Crippen molar-refractivity contribution in [3.8, 4) is 0 Å². The van der Waals surface area contributed by atoms with Gasteiger partial charge in [0.15, 0.2) is 15.7 Å². The van der Waals surface area contributed by atoms with Crippen LogP contribution in [0.5, 0.6) is 0 Å². The monoisotopic (exact) mass is 311 g/mol. The largest absolute Gasteiger partial charge is 0.355 e. The summed E-state index contributed by atoms with van der Waals surface area (Å²) in [4.78, 5) is 6.73. The van der Waals surface area contributed by atoms with Crippen molar-refractivity contribution in [1.29, 1.82) is 0 Å². The van der Waals surface area contributed by atoms with Crippen LogP contribution in [0.2, 0.25) is 0 Å². The van der Waals surface area contributed by atoms with E-state index in [-0.39, 0.29) is 17.5 Å². The number of sulfone groups is 1. The molecule has 1 unspecified atom stereocenters. The van der Waals surface area contributed by atoms with E-state index in [2.05, 4.69) is 25.4 Å². The standard InChI is InChI=1S/C13H21N5O2S/c19-21(20)8-5-11(10-21)15-13-16-12(9-14-17-13)18-6-3-1-2-4-7-18/h9,11H,1-8,10H2,(H,15,16,17). The molecule has 2 fully saturated rings. The summed E-state index contributed by atoms with van der Waals surface area (Å²) in [6, 6.07) is -0.101. The molecule has 0 saturated carbocycles. The Bertz CT molecular complexity index is 584. The van der Waals surface area contributed by atoms with Crippen molar-refractivity contribution in [3.05, 3.63) is 6.20 Å². The molecular formula is C13H21N5O2S. The van der Waals surface area contributed by atoms with E-state index in [9.17, 15) is 8.42 Å². The van der Waals surface area contributed by atoms with Gasteiger partial charge >= 0.3 is 0 Å². The number of nitrogens with zero attached hydrogens (tertiary/aromatic N) is 4. The zero-order valence-corrected chi connectivity index (χ0v) is 12.8. The lowest BCUT2D eigenvalue weighted by atomic mass is 10.2. The van der Waals surface area contributed by atoms with Crippen LogP contribution in [0.3, 0.4) is 0 Å². The average molecular weight is 311 g/mol. The van der Waals surface area contributed by atoms with Gasteiger partial charge in [-0.2, -0.15) is 10.1 Å². The topological polar surface area (TPSA) is 88.1 Å². The Balaban J connectivity index is 1.68. The van der Waals surface area contributed by atoms with Crippen LogP contribution in [0.15, 0.2) is 6.20 Å². The van der Waals surface area contributed by atoms with Crippen molar-refractivity contribution >= 4 is 21.6 Å². The molecule has 3 rings (SSSR count). The highest BCUT2D eigenvalue weighted by Crippen LogP contribution is 2.19. The van der Waals surface area contributed by atoms with E-state index >= 15 is 0 Å². The van der Waals surface area contributed by atoms with Gasteiger partial charge in [0.2, 0.25) is 5.95 Å². The maximum Gasteiger partial charge on any atom is 0.244 e. The van der Waals surface area contributed by atoms with Gasteiger partial charge in [0.1, 0.15) is 0 Å². The second kappa shape index (κ2) is 6.13. The minimum Gasteiger partial charge on any atom is -0.355 e. The Labute approximate surface area is 125 Å². The Morgan fingerprint density at radius 1 is 1.19 bits per heavy atom. The van der Waals surface area contributed by atoms with Crippen molar-refractivity contribution < 1.29 is 8.42 Å². The molecule has 0 bridgehead atoms. The quantitative estimate of drug-likeness (QED) is 0.885. The molecule has 2 aliphatic heterocycles. The number of hydrogen-bond acceptors (Lipinski definition) is 7. The summed E-state index contributed by atoms with van der Waals surface area (Å²) in [5.41, 5.74) is 0. The first-order valence-electron chi connectivity index (χ1n) is 7.54. The lowest BCUT2D eigenvalue weighted by Crippen LogP contribution is -2.27. The minimum atomic E-state index is -2.90.